The van der Waals surface area contributed by atoms with Gasteiger partial charge in [-0.2, -0.15) is 4.57 Å². The Kier molecular flexibility index (Phi) is 2.02. The molecule has 1 rings (SSSR count). The Morgan fingerprint density at radius 2 is 2.62 bits per heavy atom. The molecule has 0 aromatic carbocycles. The Balaban J connectivity index is 2.92. The van der Waals surface area contributed by atoms with Crippen LogP contribution in [0, 0.1) is 0 Å². The molecule has 0 aliphatic heterocycles. The van der Waals surface area contributed by atoms with Crippen molar-refractivity contribution in [2.24, 2.45) is 0 Å². The molecule has 0 atom stereocenters. The van der Waals surface area contributed by atoms with E-state index in [1.807, 2.05) is 0 Å². The molecule has 0 aliphatic carbocycles. The number of nitrogens with zero attached hydrogens (tertiary/aromatic N) is 1. The largest absolute Gasteiger partial charge is 0.258 e. The van der Waals surface area contributed by atoms with Crippen LogP contribution in [-0.2, 0) is 6.54 Å². The molecule has 0 bridgehead atoms. The van der Waals surface area contributed by atoms with Crippen molar-refractivity contribution in [3.63, 3.8) is 0 Å². The monoisotopic (exact) mass is 192 g/mol. The Hall–Kier alpha value is 0.110. The summed E-state index contributed by atoms with van der Waals surface area (Å²) in [5, 5.41) is 2.07. The summed E-state index contributed by atoms with van der Waals surface area (Å²) in [5.74, 6) is 0. The highest BCUT2D eigenvalue weighted by molar-refractivity contribution is 9.10. The SMILES string of the molecule is CC[n+]1cscc1Br. The Morgan fingerprint density at radius 3 is 2.88 bits per heavy atom. The number of hydrogen-bond donors (Lipinski definition) is 0. The van der Waals surface area contributed by atoms with Crippen LogP contribution in [0.5, 0.6) is 0 Å². The molecule has 0 spiro atoms. The van der Waals surface area contributed by atoms with Crippen LogP contribution in [0.15, 0.2) is 15.5 Å². The summed E-state index contributed by atoms with van der Waals surface area (Å²) in [4.78, 5) is 0. The number of halogens is 1. The van der Waals surface area contributed by atoms with Crippen LogP contribution < -0.4 is 4.57 Å². The highest BCUT2D eigenvalue weighted by Gasteiger charge is 2.02. The van der Waals surface area contributed by atoms with Gasteiger partial charge in [0, 0.05) is 15.9 Å². The van der Waals surface area contributed by atoms with Gasteiger partial charge in [-0.05, 0) is 6.92 Å². The van der Waals surface area contributed by atoms with E-state index in [4.69, 9.17) is 0 Å². The van der Waals surface area contributed by atoms with E-state index in [0.29, 0.717) is 0 Å². The molecule has 0 saturated carbocycles. The second-order valence-corrected chi connectivity index (χ2v) is 3.00. The minimum atomic E-state index is 1.05. The van der Waals surface area contributed by atoms with Gasteiger partial charge in [0.2, 0.25) is 5.51 Å². The number of aromatic nitrogens is 1. The van der Waals surface area contributed by atoms with Gasteiger partial charge >= 0.3 is 0 Å². The average molecular weight is 193 g/mol. The smallest absolute Gasteiger partial charge is 0.183 e. The van der Waals surface area contributed by atoms with E-state index in [1.165, 1.54) is 4.60 Å². The fraction of sp³-hybridized carbons (Fsp3) is 0.400. The normalized spacial score (nSPS) is 9.75. The van der Waals surface area contributed by atoms with Gasteiger partial charge in [-0.25, -0.2) is 0 Å². The van der Waals surface area contributed by atoms with Crippen LogP contribution in [0.2, 0.25) is 0 Å². The zero-order valence-corrected chi connectivity index (χ0v) is 7.00. The second-order valence-electron chi connectivity index (χ2n) is 1.47. The van der Waals surface area contributed by atoms with Crippen LogP contribution >= 0.6 is 27.3 Å². The molecular weight excluding hydrogens is 186 g/mol. The standard InChI is InChI=1S/C5H7BrNS/c1-2-7-4-8-3-5(7)6/h3-4H,2H2,1H3/q+1. The topological polar surface area (TPSA) is 3.88 Å². The molecule has 1 aromatic rings. The summed E-state index contributed by atoms with van der Waals surface area (Å²) < 4.78 is 3.31. The molecule has 0 unspecified atom stereocenters. The number of aryl methyl sites for hydroxylation is 1. The van der Waals surface area contributed by atoms with Gasteiger partial charge in [0.25, 0.3) is 4.60 Å². The van der Waals surface area contributed by atoms with Crippen LogP contribution in [0.1, 0.15) is 6.92 Å². The lowest BCUT2D eigenvalue weighted by Gasteiger charge is -1.80. The molecule has 8 heavy (non-hydrogen) atoms. The van der Waals surface area contributed by atoms with Crippen molar-refractivity contribution in [3.8, 4) is 0 Å². The maximum atomic E-state index is 3.40. The van der Waals surface area contributed by atoms with Gasteiger partial charge < -0.3 is 0 Å². The van der Waals surface area contributed by atoms with E-state index in [2.05, 4.69) is 38.3 Å². The van der Waals surface area contributed by atoms with Gasteiger partial charge in [-0.3, -0.25) is 0 Å². The fourth-order valence-electron chi connectivity index (χ4n) is 0.504. The number of thiazole rings is 1. The van der Waals surface area contributed by atoms with Crippen molar-refractivity contribution in [1.82, 2.24) is 0 Å². The van der Waals surface area contributed by atoms with Crippen LogP contribution in [-0.4, -0.2) is 0 Å². The molecule has 1 nitrogen and oxygen atoms in total. The van der Waals surface area contributed by atoms with Gasteiger partial charge in [-0.15, -0.1) is 0 Å². The zero-order valence-electron chi connectivity index (χ0n) is 4.60. The maximum Gasteiger partial charge on any atom is 0.258 e. The summed E-state index contributed by atoms with van der Waals surface area (Å²) in [6.45, 7) is 3.17. The highest BCUT2D eigenvalue weighted by atomic mass is 79.9. The lowest BCUT2D eigenvalue weighted by Crippen LogP contribution is -2.30. The molecule has 3 heteroatoms. The third kappa shape index (κ3) is 1.09. The first kappa shape index (κ1) is 6.23. The van der Waals surface area contributed by atoms with Gasteiger partial charge in [0.15, 0.2) is 0 Å². The predicted octanol–water partition coefficient (Wildman–Crippen LogP) is 1.82. The summed E-state index contributed by atoms with van der Waals surface area (Å²) in [6, 6.07) is 0. The Bertz CT molecular complexity index is 173. The third-order valence-electron chi connectivity index (χ3n) is 0.968. The van der Waals surface area contributed by atoms with E-state index >= 15 is 0 Å². The predicted molar refractivity (Wildman–Crippen MR) is 37.9 cm³/mol. The minimum absolute atomic E-state index is 1.05. The quantitative estimate of drug-likeness (QED) is 0.599. The van der Waals surface area contributed by atoms with Gasteiger partial charge in [-0.1, -0.05) is 11.3 Å². The van der Waals surface area contributed by atoms with E-state index < -0.39 is 0 Å². The van der Waals surface area contributed by atoms with Crippen LogP contribution in [0.3, 0.4) is 0 Å². The molecular formula is C5H7BrNS+. The molecule has 0 aliphatic rings. The molecule has 1 aromatic heterocycles. The van der Waals surface area contributed by atoms with Crippen LogP contribution in [0.25, 0.3) is 0 Å². The first-order valence-corrected chi connectivity index (χ1v) is 4.19. The van der Waals surface area contributed by atoms with Crippen molar-refractivity contribution >= 4 is 27.3 Å². The van der Waals surface area contributed by atoms with Crippen molar-refractivity contribution < 1.29 is 4.57 Å². The van der Waals surface area contributed by atoms with Crippen molar-refractivity contribution in [2.45, 2.75) is 13.5 Å². The molecule has 1 heterocycles. The molecule has 0 radical (unpaired) electrons. The first-order valence-electron chi connectivity index (χ1n) is 2.45. The molecule has 0 fully saturated rings. The molecule has 0 saturated heterocycles. The first-order chi connectivity index (χ1) is 3.84. The molecule has 0 N–H and O–H groups in total. The van der Waals surface area contributed by atoms with Crippen molar-refractivity contribution in [3.05, 3.63) is 15.5 Å². The maximum absolute atomic E-state index is 3.40. The van der Waals surface area contributed by atoms with Crippen molar-refractivity contribution in [1.29, 1.82) is 0 Å². The Morgan fingerprint density at radius 1 is 1.88 bits per heavy atom. The van der Waals surface area contributed by atoms with Crippen LogP contribution in [0.4, 0.5) is 0 Å². The molecule has 0 amide bonds. The lowest BCUT2D eigenvalue weighted by atomic mass is 10.7. The van der Waals surface area contributed by atoms with E-state index in [-0.39, 0.29) is 0 Å². The summed E-state index contributed by atoms with van der Waals surface area (Å²) in [7, 11) is 0. The Labute approximate surface area is 61.1 Å². The minimum Gasteiger partial charge on any atom is -0.183 e. The van der Waals surface area contributed by atoms with Gasteiger partial charge in [0.1, 0.15) is 6.54 Å². The third-order valence-corrected chi connectivity index (χ3v) is 2.69. The number of hydrogen-bond acceptors (Lipinski definition) is 1. The van der Waals surface area contributed by atoms with Gasteiger partial charge in [0.05, 0.1) is 5.38 Å². The summed E-state index contributed by atoms with van der Waals surface area (Å²) >= 11 is 5.11. The van der Waals surface area contributed by atoms with E-state index in [1.54, 1.807) is 11.3 Å². The van der Waals surface area contributed by atoms with E-state index in [9.17, 15) is 0 Å². The second kappa shape index (κ2) is 2.60. The summed E-state index contributed by atoms with van der Waals surface area (Å²) in [6.07, 6.45) is 0. The average Bonchev–Trinajstić information content (AvgIpc) is 2.14. The van der Waals surface area contributed by atoms with Crippen molar-refractivity contribution in [2.75, 3.05) is 0 Å². The molecule has 44 valence electrons. The highest BCUT2D eigenvalue weighted by Crippen LogP contribution is 2.05. The number of rotatable bonds is 1. The fourth-order valence-corrected chi connectivity index (χ4v) is 2.03. The summed E-state index contributed by atoms with van der Waals surface area (Å²) in [5.41, 5.74) is 2.09. The zero-order chi connectivity index (χ0) is 5.98. The lowest BCUT2D eigenvalue weighted by molar-refractivity contribution is -0.699. The van der Waals surface area contributed by atoms with E-state index in [0.717, 1.165) is 6.54 Å².